The summed E-state index contributed by atoms with van der Waals surface area (Å²) < 4.78 is 11.2. The van der Waals surface area contributed by atoms with E-state index in [9.17, 15) is 9.90 Å². The molecule has 0 aliphatic heterocycles. The summed E-state index contributed by atoms with van der Waals surface area (Å²) >= 11 is 0. The molecule has 0 unspecified atom stereocenters. The first kappa shape index (κ1) is 21.3. The van der Waals surface area contributed by atoms with Gasteiger partial charge in [-0.05, 0) is 54.0 Å². The molecule has 0 radical (unpaired) electrons. The molecule has 158 valence electrons. The molecule has 0 spiro atoms. The molecule has 0 fully saturated rings. The molecule has 0 atom stereocenters. The lowest BCUT2D eigenvalue weighted by atomic mass is 9.97. The summed E-state index contributed by atoms with van der Waals surface area (Å²) in [4.78, 5) is 13.0. The van der Waals surface area contributed by atoms with Crippen molar-refractivity contribution in [3.63, 3.8) is 0 Å². The van der Waals surface area contributed by atoms with Crippen molar-refractivity contribution in [2.75, 3.05) is 13.7 Å². The van der Waals surface area contributed by atoms with E-state index in [1.807, 2.05) is 6.92 Å². The van der Waals surface area contributed by atoms with Gasteiger partial charge in [-0.3, -0.25) is 4.79 Å². The molecule has 8 nitrogen and oxygen atoms in total. The van der Waals surface area contributed by atoms with Crippen molar-refractivity contribution in [2.45, 2.75) is 39.0 Å². The molecule has 0 saturated carbocycles. The number of aromatic hydroxyl groups is 1. The summed E-state index contributed by atoms with van der Waals surface area (Å²) in [6, 6.07) is 10.4. The van der Waals surface area contributed by atoms with Gasteiger partial charge < -0.3 is 14.6 Å². The zero-order valence-corrected chi connectivity index (χ0v) is 17.2. The van der Waals surface area contributed by atoms with Crippen LogP contribution in [0.4, 0.5) is 0 Å². The number of aryl methyl sites for hydroxylation is 1. The molecular weight excluding hydrogens is 384 g/mol. The molecule has 0 aliphatic rings. The van der Waals surface area contributed by atoms with Crippen LogP contribution in [0.3, 0.4) is 0 Å². The maximum Gasteiger partial charge on any atom is 0.200 e. The third-order valence-corrected chi connectivity index (χ3v) is 4.79. The summed E-state index contributed by atoms with van der Waals surface area (Å²) in [7, 11) is 1.52. The first-order valence-corrected chi connectivity index (χ1v) is 10.0. The highest BCUT2D eigenvalue weighted by Crippen LogP contribution is 2.35. The second-order valence-corrected chi connectivity index (χ2v) is 6.87. The maximum absolute atomic E-state index is 13.0. The van der Waals surface area contributed by atoms with Gasteiger partial charge in [0.1, 0.15) is 23.1 Å². The van der Waals surface area contributed by atoms with Crippen LogP contribution >= 0.6 is 0 Å². The number of hydrogen-bond donors (Lipinski definition) is 2. The summed E-state index contributed by atoms with van der Waals surface area (Å²) in [6.07, 6.45) is 3.85. The van der Waals surface area contributed by atoms with Crippen LogP contribution in [0.5, 0.6) is 17.2 Å². The predicted molar refractivity (Wildman–Crippen MR) is 111 cm³/mol. The third-order valence-electron chi connectivity index (χ3n) is 4.79. The Morgan fingerprint density at radius 2 is 1.90 bits per heavy atom. The number of aromatic amines is 1. The number of methoxy groups -OCH3 is 1. The maximum atomic E-state index is 13.0. The average Bonchev–Trinajstić information content (AvgIpc) is 3.29. The van der Waals surface area contributed by atoms with Gasteiger partial charge in [0, 0.05) is 12.0 Å². The molecule has 0 amide bonds. The largest absolute Gasteiger partial charge is 0.507 e. The number of hydrogen-bond acceptors (Lipinski definition) is 7. The number of phenols is 1. The number of aromatic nitrogens is 4. The number of ketones is 1. The number of H-pyrrole nitrogens is 1. The van der Waals surface area contributed by atoms with E-state index in [0.717, 1.165) is 31.5 Å². The highest BCUT2D eigenvalue weighted by molar-refractivity contribution is 6.12. The number of benzene rings is 2. The van der Waals surface area contributed by atoms with E-state index >= 15 is 0 Å². The van der Waals surface area contributed by atoms with E-state index in [0.29, 0.717) is 35.7 Å². The Labute approximate surface area is 175 Å². The SMILES string of the molecule is CCCc1c(OCCCCc2nnn[nH]2)ccc(C(=O)c2ccccc2OC)c1O. The number of carbonyl (C=O) groups is 1. The molecule has 0 aliphatic carbocycles. The minimum absolute atomic E-state index is 0.0296. The van der Waals surface area contributed by atoms with Crippen molar-refractivity contribution in [1.29, 1.82) is 0 Å². The van der Waals surface area contributed by atoms with Gasteiger partial charge >= 0.3 is 0 Å². The van der Waals surface area contributed by atoms with Crippen LogP contribution in [0.15, 0.2) is 36.4 Å². The molecule has 3 aromatic rings. The number of nitrogens with zero attached hydrogens (tertiary/aromatic N) is 3. The van der Waals surface area contributed by atoms with Gasteiger partial charge in [0.25, 0.3) is 0 Å². The van der Waals surface area contributed by atoms with E-state index in [2.05, 4.69) is 20.6 Å². The van der Waals surface area contributed by atoms with Crippen molar-refractivity contribution in [2.24, 2.45) is 0 Å². The molecule has 8 heteroatoms. The Morgan fingerprint density at radius 1 is 1.07 bits per heavy atom. The van der Waals surface area contributed by atoms with E-state index < -0.39 is 0 Å². The Bertz CT molecular complexity index is 973. The second kappa shape index (κ2) is 10.4. The fraction of sp³-hybridized carbons (Fsp3) is 0.364. The van der Waals surface area contributed by atoms with Gasteiger partial charge in [0.05, 0.1) is 24.8 Å². The topological polar surface area (TPSA) is 110 Å². The molecular formula is C22H26N4O4. The fourth-order valence-electron chi connectivity index (χ4n) is 3.27. The lowest BCUT2D eigenvalue weighted by Crippen LogP contribution is -2.07. The predicted octanol–water partition coefficient (Wildman–Crippen LogP) is 3.50. The van der Waals surface area contributed by atoms with Gasteiger partial charge in [0.2, 0.25) is 0 Å². The van der Waals surface area contributed by atoms with Crippen molar-refractivity contribution < 1.29 is 19.4 Å². The highest BCUT2D eigenvalue weighted by atomic mass is 16.5. The minimum Gasteiger partial charge on any atom is -0.507 e. The van der Waals surface area contributed by atoms with Gasteiger partial charge in [0.15, 0.2) is 5.78 Å². The Balaban J connectivity index is 1.72. The van der Waals surface area contributed by atoms with Gasteiger partial charge in [-0.2, -0.15) is 0 Å². The molecule has 0 saturated heterocycles. The monoisotopic (exact) mass is 410 g/mol. The van der Waals surface area contributed by atoms with Gasteiger partial charge in [-0.25, -0.2) is 5.10 Å². The van der Waals surface area contributed by atoms with E-state index in [1.165, 1.54) is 7.11 Å². The quantitative estimate of drug-likeness (QED) is 0.368. The first-order chi connectivity index (χ1) is 14.7. The fourth-order valence-corrected chi connectivity index (χ4v) is 3.27. The number of nitrogens with one attached hydrogen (secondary N) is 1. The molecule has 2 aromatic carbocycles. The highest BCUT2D eigenvalue weighted by Gasteiger charge is 2.21. The van der Waals surface area contributed by atoms with E-state index in [4.69, 9.17) is 9.47 Å². The number of rotatable bonds is 11. The number of ether oxygens (including phenoxy) is 2. The molecule has 3 rings (SSSR count). The lowest BCUT2D eigenvalue weighted by Gasteiger charge is -2.16. The standard InChI is InChI=1S/C22H26N4O4/c1-3-8-15-19(30-14-7-6-11-20-23-25-26-24-20)13-12-17(21(15)27)22(28)16-9-4-5-10-18(16)29-2/h4-5,9-10,12-13,27H,3,6-8,11,14H2,1-2H3,(H,23,24,25,26). The number of para-hydroxylation sites is 1. The van der Waals surface area contributed by atoms with Crippen molar-refractivity contribution in [3.8, 4) is 17.2 Å². The second-order valence-electron chi connectivity index (χ2n) is 6.87. The first-order valence-electron chi connectivity index (χ1n) is 10.0. The molecule has 30 heavy (non-hydrogen) atoms. The van der Waals surface area contributed by atoms with Crippen molar-refractivity contribution in [3.05, 3.63) is 58.9 Å². The lowest BCUT2D eigenvalue weighted by molar-refractivity contribution is 0.103. The zero-order chi connectivity index (χ0) is 21.3. The van der Waals surface area contributed by atoms with Crippen LogP contribution in [0.25, 0.3) is 0 Å². The zero-order valence-electron chi connectivity index (χ0n) is 17.2. The van der Waals surface area contributed by atoms with Gasteiger partial charge in [-0.1, -0.05) is 25.5 Å². The molecule has 1 heterocycles. The van der Waals surface area contributed by atoms with Crippen LogP contribution in [0.1, 0.15) is 53.5 Å². The van der Waals surface area contributed by atoms with Crippen LogP contribution in [0.2, 0.25) is 0 Å². The van der Waals surface area contributed by atoms with Gasteiger partial charge in [-0.15, -0.1) is 5.10 Å². The Morgan fingerprint density at radius 3 is 2.63 bits per heavy atom. The average molecular weight is 410 g/mol. The Hall–Kier alpha value is -3.42. The van der Waals surface area contributed by atoms with Crippen LogP contribution in [-0.2, 0) is 12.8 Å². The van der Waals surface area contributed by atoms with Crippen LogP contribution in [-0.4, -0.2) is 45.2 Å². The van der Waals surface area contributed by atoms with Crippen molar-refractivity contribution in [1.82, 2.24) is 20.6 Å². The molecule has 0 bridgehead atoms. The van der Waals surface area contributed by atoms with Crippen LogP contribution < -0.4 is 9.47 Å². The van der Waals surface area contributed by atoms with Crippen molar-refractivity contribution >= 4 is 5.78 Å². The molecule has 2 N–H and O–H groups in total. The smallest absolute Gasteiger partial charge is 0.200 e. The number of unbranched alkanes of at least 4 members (excludes halogenated alkanes) is 1. The third kappa shape index (κ3) is 4.94. The summed E-state index contributed by atoms with van der Waals surface area (Å²) in [5.74, 6) is 1.51. The number of phenolic OH excluding ortho intramolecular Hbond substituents is 1. The molecule has 1 aromatic heterocycles. The summed E-state index contributed by atoms with van der Waals surface area (Å²) in [6.45, 7) is 2.51. The Kier molecular flexibility index (Phi) is 7.37. The summed E-state index contributed by atoms with van der Waals surface area (Å²) in [5, 5.41) is 24.5. The summed E-state index contributed by atoms with van der Waals surface area (Å²) in [5.41, 5.74) is 1.30. The van der Waals surface area contributed by atoms with E-state index in [-0.39, 0.29) is 17.1 Å². The van der Waals surface area contributed by atoms with Crippen LogP contribution in [0, 0.1) is 0 Å². The minimum atomic E-state index is -0.283. The number of carbonyl (C=O) groups excluding carboxylic acids is 1. The normalized spacial score (nSPS) is 10.7. The number of tetrazole rings is 1. The van der Waals surface area contributed by atoms with E-state index in [1.54, 1.807) is 36.4 Å².